The van der Waals surface area contributed by atoms with Crippen molar-refractivity contribution >= 4 is 17.2 Å². The van der Waals surface area contributed by atoms with Crippen molar-refractivity contribution in [1.29, 1.82) is 0 Å². The second kappa shape index (κ2) is 6.57. The summed E-state index contributed by atoms with van der Waals surface area (Å²) in [6, 6.07) is 7.44. The van der Waals surface area contributed by atoms with Crippen LogP contribution in [-0.4, -0.2) is 32.8 Å². The van der Waals surface area contributed by atoms with Crippen LogP contribution in [0.25, 0.3) is 11.4 Å². The molecule has 0 unspecified atom stereocenters. The topological polar surface area (TPSA) is 61.9 Å². The van der Waals surface area contributed by atoms with Crippen molar-refractivity contribution in [2.24, 2.45) is 0 Å². The fraction of sp³-hybridized carbons (Fsp3) is 0.278. The minimum absolute atomic E-state index is 0.0269. The summed E-state index contributed by atoms with van der Waals surface area (Å²) in [5, 5.41) is 1.02. The summed E-state index contributed by atoms with van der Waals surface area (Å²) in [5.41, 5.74) is 2.51. The monoisotopic (exact) mass is 340 g/mol. The van der Waals surface area contributed by atoms with Crippen LogP contribution in [-0.2, 0) is 0 Å². The van der Waals surface area contributed by atoms with Crippen molar-refractivity contribution in [3.63, 3.8) is 0 Å². The lowest BCUT2D eigenvalue weighted by Gasteiger charge is -2.24. The van der Waals surface area contributed by atoms with Gasteiger partial charge in [0.25, 0.3) is 5.91 Å². The number of benzene rings is 1. The van der Waals surface area contributed by atoms with E-state index in [-0.39, 0.29) is 11.9 Å². The van der Waals surface area contributed by atoms with Crippen molar-refractivity contribution in [3.8, 4) is 11.4 Å². The Kier molecular flexibility index (Phi) is 4.49. The van der Waals surface area contributed by atoms with Crippen LogP contribution in [0, 0.1) is 13.8 Å². The van der Waals surface area contributed by atoms with E-state index in [2.05, 4.69) is 15.0 Å². The first-order valence-electron chi connectivity index (χ1n) is 7.78. The molecule has 0 radical (unpaired) electrons. The first-order chi connectivity index (χ1) is 11.5. The van der Waals surface area contributed by atoms with E-state index < -0.39 is 0 Å². The third kappa shape index (κ3) is 3.10. The normalized spacial score (nSPS) is 12.2. The van der Waals surface area contributed by atoms with Gasteiger partial charge in [0.2, 0.25) is 0 Å². The first kappa shape index (κ1) is 16.4. The van der Waals surface area contributed by atoms with Gasteiger partial charge in [0.1, 0.15) is 5.82 Å². The molecule has 24 heavy (non-hydrogen) atoms. The predicted molar refractivity (Wildman–Crippen MR) is 96.1 cm³/mol. The lowest BCUT2D eigenvalue weighted by Crippen LogP contribution is -2.30. The summed E-state index contributed by atoms with van der Waals surface area (Å²) in [4.78, 5) is 27.6. The Morgan fingerprint density at radius 1 is 1.33 bits per heavy atom. The van der Waals surface area contributed by atoms with Gasteiger partial charge in [0.05, 0.1) is 16.7 Å². The number of aromatic amines is 1. The Labute approximate surface area is 145 Å². The standard InChI is InChI=1S/C18H20N4OS/c1-11(16-12(2)24-13(3)21-16)22(4)18(23)15-7-5-6-14(10-15)17-19-8-9-20-17/h5-11H,1-4H3,(H,19,20)/t11-/m1/s1. The number of amides is 1. The average Bonchev–Trinajstić information content (AvgIpc) is 3.22. The molecule has 0 fully saturated rings. The molecule has 124 valence electrons. The fourth-order valence-electron chi connectivity index (χ4n) is 2.72. The van der Waals surface area contributed by atoms with Gasteiger partial charge in [0, 0.05) is 35.4 Å². The molecule has 2 heterocycles. The number of imidazole rings is 1. The quantitative estimate of drug-likeness (QED) is 0.781. The molecule has 0 spiro atoms. The summed E-state index contributed by atoms with van der Waals surface area (Å²) < 4.78 is 0. The summed E-state index contributed by atoms with van der Waals surface area (Å²) >= 11 is 1.66. The lowest BCUT2D eigenvalue weighted by molar-refractivity contribution is 0.0740. The van der Waals surface area contributed by atoms with Crippen LogP contribution in [0.4, 0.5) is 0 Å². The molecule has 5 nitrogen and oxygen atoms in total. The molecule has 3 aromatic rings. The van der Waals surface area contributed by atoms with Crippen LogP contribution in [0.3, 0.4) is 0 Å². The minimum Gasteiger partial charge on any atom is -0.345 e. The Morgan fingerprint density at radius 3 is 2.75 bits per heavy atom. The number of hydrogen-bond donors (Lipinski definition) is 1. The van der Waals surface area contributed by atoms with E-state index >= 15 is 0 Å². The summed E-state index contributed by atoms with van der Waals surface area (Å²) in [6.07, 6.45) is 3.47. The van der Waals surface area contributed by atoms with Gasteiger partial charge in [-0.15, -0.1) is 11.3 Å². The molecule has 1 aromatic carbocycles. The van der Waals surface area contributed by atoms with Gasteiger partial charge >= 0.3 is 0 Å². The number of aromatic nitrogens is 3. The molecule has 3 rings (SSSR count). The molecule has 0 saturated carbocycles. The van der Waals surface area contributed by atoms with Gasteiger partial charge in [-0.1, -0.05) is 12.1 Å². The molecule has 0 aliphatic heterocycles. The number of aryl methyl sites for hydroxylation is 2. The van der Waals surface area contributed by atoms with Crippen LogP contribution in [0.5, 0.6) is 0 Å². The van der Waals surface area contributed by atoms with Gasteiger partial charge in [-0.25, -0.2) is 9.97 Å². The molecule has 0 saturated heterocycles. The molecule has 1 atom stereocenters. The van der Waals surface area contributed by atoms with E-state index in [4.69, 9.17) is 0 Å². The number of nitrogens with one attached hydrogen (secondary N) is 1. The average molecular weight is 340 g/mol. The second-order valence-corrected chi connectivity index (χ2v) is 7.19. The molecule has 0 aliphatic rings. The number of carbonyl (C=O) groups is 1. The maximum Gasteiger partial charge on any atom is 0.254 e. The molecule has 6 heteroatoms. The maximum atomic E-state index is 12.9. The molecule has 1 amide bonds. The van der Waals surface area contributed by atoms with Crippen molar-refractivity contribution in [2.75, 3.05) is 7.05 Å². The number of H-pyrrole nitrogens is 1. The van der Waals surface area contributed by atoms with E-state index in [1.165, 1.54) is 0 Å². The van der Waals surface area contributed by atoms with E-state index in [9.17, 15) is 4.79 Å². The van der Waals surface area contributed by atoms with Gasteiger partial charge in [-0.2, -0.15) is 0 Å². The SMILES string of the molecule is Cc1nc([C@@H](C)N(C)C(=O)c2cccc(-c3ncc[nH]3)c2)c(C)s1. The maximum absolute atomic E-state index is 12.9. The zero-order valence-corrected chi connectivity index (χ0v) is 15.0. The van der Waals surface area contributed by atoms with Crippen LogP contribution in [0.2, 0.25) is 0 Å². The second-order valence-electron chi connectivity index (χ2n) is 5.78. The largest absolute Gasteiger partial charge is 0.345 e. The lowest BCUT2D eigenvalue weighted by atomic mass is 10.1. The van der Waals surface area contributed by atoms with E-state index in [0.717, 1.165) is 27.0 Å². The van der Waals surface area contributed by atoms with Crippen LogP contribution < -0.4 is 0 Å². The Balaban J connectivity index is 1.86. The number of rotatable bonds is 4. The highest BCUT2D eigenvalue weighted by Crippen LogP contribution is 2.27. The highest BCUT2D eigenvalue weighted by atomic mass is 32.1. The third-order valence-electron chi connectivity index (χ3n) is 4.12. The number of nitrogens with zero attached hydrogens (tertiary/aromatic N) is 3. The highest BCUT2D eigenvalue weighted by Gasteiger charge is 2.23. The van der Waals surface area contributed by atoms with E-state index in [1.54, 1.807) is 28.6 Å². The molecule has 1 N–H and O–H groups in total. The third-order valence-corrected chi connectivity index (χ3v) is 5.02. The molecule has 0 bridgehead atoms. The molecular weight excluding hydrogens is 320 g/mol. The van der Waals surface area contributed by atoms with Crippen LogP contribution in [0.15, 0.2) is 36.7 Å². The van der Waals surface area contributed by atoms with Crippen molar-refractivity contribution in [2.45, 2.75) is 26.8 Å². The van der Waals surface area contributed by atoms with Gasteiger partial charge < -0.3 is 9.88 Å². The van der Waals surface area contributed by atoms with Gasteiger partial charge in [-0.05, 0) is 32.9 Å². The zero-order valence-electron chi connectivity index (χ0n) is 14.2. The molecule has 0 aliphatic carbocycles. The predicted octanol–water partition coefficient (Wildman–Crippen LogP) is 3.98. The Morgan fingerprint density at radius 2 is 2.12 bits per heavy atom. The zero-order chi connectivity index (χ0) is 17.3. The van der Waals surface area contributed by atoms with Crippen molar-refractivity contribution in [1.82, 2.24) is 19.9 Å². The van der Waals surface area contributed by atoms with Crippen LogP contribution in [0.1, 0.15) is 38.9 Å². The highest BCUT2D eigenvalue weighted by molar-refractivity contribution is 7.11. The summed E-state index contributed by atoms with van der Waals surface area (Å²) in [7, 11) is 1.82. The number of hydrogen-bond acceptors (Lipinski definition) is 4. The fourth-order valence-corrected chi connectivity index (χ4v) is 3.63. The first-order valence-corrected chi connectivity index (χ1v) is 8.60. The summed E-state index contributed by atoms with van der Waals surface area (Å²) in [5.74, 6) is 0.729. The number of thiazole rings is 1. The Bertz CT molecular complexity index is 854. The summed E-state index contributed by atoms with van der Waals surface area (Å²) in [6.45, 7) is 6.05. The molecular formula is C18H20N4OS. The number of carbonyl (C=O) groups excluding carboxylic acids is 1. The minimum atomic E-state index is -0.0743. The van der Waals surface area contributed by atoms with Crippen molar-refractivity contribution < 1.29 is 4.79 Å². The Hall–Kier alpha value is -2.47. The van der Waals surface area contributed by atoms with Gasteiger partial charge in [-0.3, -0.25) is 4.79 Å². The van der Waals surface area contributed by atoms with E-state index in [0.29, 0.717) is 5.56 Å². The smallest absolute Gasteiger partial charge is 0.254 e. The van der Waals surface area contributed by atoms with Gasteiger partial charge in [0.15, 0.2) is 0 Å². The van der Waals surface area contributed by atoms with E-state index in [1.807, 2.05) is 52.1 Å². The molecule has 2 aromatic heterocycles. The van der Waals surface area contributed by atoms with Crippen LogP contribution >= 0.6 is 11.3 Å². The van der Waals surface area contributed by atoms with Crippen molar-refractivity contribution in [3.05, 3.63) is 57.8 Å².